The fourth-order valence-electron chi connectivity index (χ4n) is 2.48. The van der Waals surface area contributed by atoms with Gasteiger partial charge < -0.3 is 10.2 Å². The SMILES string of the molecule is CC(C)N1CCCC(Nc2cnccc2Cl)CC1. The number of rotatable bonds is 3. The summed E-state index contributed by atoms with van der Waals surface area (Å²) in [5.41, 5.74) is 0.960. The summed E-state index contributed by atoms with van der Waals surface area (Å²) >= 11 is 6.15. The minimum Gasteiger partial charge on any atom is -0.380 e. The number of hydrogen-bond acceptors (Lipinski definition) is 3. The van der Waals surface area contributed by atoms with Gasteiger partial charge in [-0.25, -0.2) is 0 Å². The molecule has 1 unspecified atom stereocenters. The molecule has 1 aromatic heterocycles. The van der Waals surface area contributed by atoms with Crippen LogP contribution in [0.25, 0.3) is 0 Å². The van der Waals surface area contributed by atoms with Crippen molar-refractivity contribution in [1.82, 2.24) is 9.88 Å². The smallest absolute Gasteiger partial charge is 0.0718 e. The molecule has 0 amide bonds. The van der Waals surface area contributed by atoms with Crippen LogP contribution in [0.15, 0.2) is 18.5 Å². The summed E-state index contributed by atoms with van der Waals surface area (Å²) in [4.78, 5) is 6.67. The summed E-state index contributed by atoms with van der Waals surface area (Å²) in [5, 5.41) is 4.29. The Morgan fingerprint density at radius 2 is 2.22 bits per heavy atom. The van der Waals surface area contributed by atoms with Crippen molar-refractivity contribution in [2.24, 2.45) is 0 Å². The number of likely N-dealkylation sites (tertiary alicyclic amines) is 1. The van der Waals surface area contributed by atoms with E-state index in [0.717, 1.165) is 17.3 Å². The Kier molecular flexibility index (Phi) is 4.84. The van der Waals surface area contributed by atoms with Gasteiger partial charge in [-0.3, -0.25) is 4.98 Å². The summed E-state index contributed by atoms with van der Waals surface area (Å²) in [5.74, 6) is 0. The molecule has 1 N–H and O–H groups in total. The number of hydrogen-bond donors (Lipinski definition) is 1. The fraction of sp³-hybridized carbons (Fsp3) is 0.643. The molecule has 4 heteroatoms. The van der Waals surface area contributed by atoms with Crippen molar-refractivity contribution in [3.63, 3.8) is 0 Å². The molecule has 1 aliphatic heterocycles. The Hall–Kier alpha value is -0.800. The van der Waals surface area contributed by atoms with Crippen LogP contribution in [-0.4, -0.2) is 35.1 Å². The van der Waals surface area contributed by atoms with E-state index < -0.39 is 0 Å². The van der Waals surface area contributed by atoms with Crippen molar-refractivity contribution < 1.29 is 0 Å². The van der Waals surface area contributed by atoms with Gasteiger partial charge in [0.1, 0.15) is 0 Å². The van der Waals surface area contributed by atoms with Crippen molar-refractivity contribution in [3.8, 4) is 0 Å². The maximum Gasteiger partial charge on any atom is 0.0718 e. The van der Waals surface area contributed by atoms with Crippen LogP contribution < -0.4 is 5.32 Å². The third-order valence-electron chi connectivity index (χ3n) is 3.62. The maximum absolute atomic E-state index is 6.15. The van der Waals surface area contributed by atoms with Crippen LogP contribution in [0.2, 0.25) is 5.02 Å². The minimum atomic E-state index is 0.510. The Bertz CT molecular complexity index is 381. The molecule has 0 radical (unpaired) electrons. The number of pyridine rings is 1. The van der Waals surface area contributed by atoms with Gasteiger partial charge in [0.05, 0.1) is 16.9 Å². The lowest BCUT2D eigenvalue weighted by Gasteiger charge is -2.24. The molecule has 3 nitrogen and oxygen atoms in total. The standard InChI is InChI=1S/C14H22ClN3/c1-11(2)18-8-3-4-12(6-9-18)17-14-10-16-7-5-13(14)15/h5,7,10-12,17H,3-4,6,8-9H2,1-2H3. The van der Waals surface area contributed by atoms with Gasteiger partial charge in [0, 0.05) is 24.8 Å². The topological polar surface area (TPSA) is 28.2 Å². The predicted octanol–water partition coefficient (Wildman–Crippen LogP) is 3.41. The first-order chi connectivity index (χ1) is 8.66. The van der Waals surface area contributed by atoms with Crippen LogP contribution in [0, 0.1) is 0 Å². The van der Waals surface area contributed by atoms with Crippen LogP contribution in [-0.2, 0) is 0 Å². The number of nitrogens with one attached hydrogen (secondary N) is 1. The van der Waals surface area contributed by atoms with Gasteiger partial charge in [0.25, 0.3) is 0 Å². The zero-order chi connectivity index (χ0) is 13.0. The number of nitrogens with zero attached hydrogens (tertiary/aromatic N) is 2. The largest absolute Gasteiger partial charge is 0.380 e. The third-order valence-corrected chi connectivity index (χ3v) is 3.95. The van der Waals surface area contributed by atoms with E-state index in [1.807, 2.05) is 12.3 Å². The maximum atomic E-state index is 6.15. The highest BCUT2D eigenvalue weighted by Crippen LogP contribution is 2.23. The molecular formula is C14H22ClN3. The van der Waals surface area contributed by atoms with E-state index in [9.17, 15) is 0 Å². The van der Waals surface area contributed by atoms with E-state index >= 15 is 0 Å². The molecule has 2 rings (SSSR count). The van der Waals surface area contributed by atoms with Crippen LogP contribution in [0.5, 0.6) is 0 Å². The van der Waals surface area contributed by atoms with E-state index in [0.29, 0.717) is 12.1 Å². The second-order valence-corrected chi connectivity index (χ2v) is 5.66. The number of aromatic nitrogens is 1. The van der Waals surface area contributed by atoms with Crippen LogP contribution >= 0.6 is 11.6 Å². The monoisotopic (exact) mass is 267 g/mol. The normalized spacial score (nSPS) is 21.9. The molecule has 0 saturated carbocycles. The molecule has 2 heterocycles. The zero-order valence-corrected chi connectivity index (χ0v) is 12.0. The van der Waals surface area contributed by atoms with Crippen LogP contribution in [0.4, 0.5) is 5.69 Å². The molecule has 100 valence electrons. The second kappa shape index (κ2) is 6.39. The average molecular weight is 268 g/mol. The van der Waals surface area contributed by atoms with E-state index in [1.54, 1.807) is 6.20 Å². The lowest BCUT2D eigenvalue weighted by Crippen LogP contribution is -2.32. The Labute approximate surface area is 115 Å². The fourth-order valence-corrected chi connectivity index (χ4v) is 2.64. The number of halogens is 1. The lowest BCUT2D eigenvalue weighted by atomic mass is 10.1. The van der Waals surface area contributed by atoms with E-state index in [2.05, 4.69) is 29.0 Å². The zero-order valence-electron chi connectivity index (χ0n) is 11.2. The van der Waals surface area contributed by atoms with Crippen molar-refractivity contribution >= 4 is 17.3 Å². The molecule has 0 bridgehead atoms. The molecule has 1 atom stereocenters. The first-order valence-corrected chi connectivity index (χ1v) is 7.14. The van der Waals surface area contributed by atoms with Crippen molar-refractivity contribution in [3.05, 3.63) is 23.5 Å². The Morgan fingerprint density at radius 3 is 2.94 bits per heavy atom. The molecule has 1 aromatic rings. The highest BCUT2D eigenvalue weighted by Gasteiger charge is 2.18. The Balaban J connectivity index is 1.93. The summed E-state index contributed by atoms with van der Waals surface area (Å²) in [6.45, 7) is 6.90. The highest BCUT2D eigenvalue weighted by atomic mass is 35.5. The highest BCUT2D eigenvalue weighted by molar-refractivity contribution is 6.33. The van der Waals surface area contributed by atoms with Crippen molar-refractivity contribution in [1.29, 1.82) is 0 Å². The van der Waals surface area contributed by atoms with Crippen LogP contribution in [0.3, 0.4) is 0 Å². The summed E-state index contributed by atoms with van der Waals surface area (Å²) in [6.07, 6.45) is 7.15. The van der Waals surface area contributed by atoms with E-state index in [1.165, 1.54) is 25.8 Å². The van der Waals surface area contributed by atoms with Crippen LogP contribution in [0.1, 0.15) is 33.1 Å². The minimum absolute atomic E-state index is 0.510. The molecule has 1 fully saturated rings. The van der Waals surface area contributed by atoms with E-state index in [-0.39, 0.29) is 0 Å². The third kappa shape index (κ3) is 3.59. The first-order valence-electron chi connectivity index (χ1n) is 6.77. The van der Waals surface area contributed by atoms with Gasteiger partial charge >= 0.3 is 0 Å². The Morgan fingerprint density at radius 1 is 1.39 bits per heavy atom. The average Bonchev–Trinajstić information content (AvgIpc) is 2.58. The first kappa shape index (κ1) is 13.6. The molecule has 1 saturated heterocycles. The van der Waals surface area contributed by atoms with Gasteiger partial charge in [0.2, 0.25) is 0 Å². The number of anilines is 1. The molecule has 18 heavy (non-hydrogen) atoms. The second-order valence-electron chi connectivity index (χ2n) is 5.26. The summed E-state index contributed by atoms with van der Waals surface area (Å²) < 4.78 is 0. The summed E-state index contributed by atoms with van der Waals surface area (Å²) in [7, 11) is 0. The quantitative estimate of drug-likeness (QED) is 0.910. The van der Waals surface area contributed by atoms with Gasteiger partial charge in [-0.1, -0.05) is 11.6 Å². The lowest BCUT2D eigenvalue weighted by molar-refractivity contribution is 0.230. The molecule has 0 aliphatic carbocycles. The van der Waals surface area contributed by atoms with Gasteiger partial charge in [0.15, 0.2) is 0 Å². The van der Waals surface area contributed by atoms with E-state index in [4.69, 9.17) is 11.6 Å². The summed E-state index contributed by atoms with van der Waals surface area (Å²) in [6, 6.07) is 2.99. The van der Waals surface area contributed by atoms with Crippen molar-refractivity contribution in [2.75, 3.05) is 18.4 Å². The van der Waals surface area contributed by atoms with Gasteiger partial charge in [-0.2, -0.15) is 0 Å². The van der Waals surface area contributed by atoms with Gasteiger partial charge in [-0.05, 0) is 45.7 Å². The van der Waals surface area contributed by atoms with Crippen molar-refractivity contribution in [2.45, 2.75) is 45.2 Å². The van der Waals surface area contributed by atoms with Gasteiger partial charge in [-0.15, -0.1) is 0 Å². The predicted molar refractivity (Wildman–Crippen MR) is 77.2 cm³/mol. The molecular weight excluding hydrogens is 246 g/mol. The molecule has 0 aromatic carbocycles. The molecule has 1 aliphatic rings. The molecule has 0 spiro atoms.